The average Bonchev–Trinajstić information content (AvgIpc) is 1.61. The van der Waals surface area contributed by atoms with Gasteiger partial charge in [-0.15, -0.1) is 0 Å². The Balaban J connectivity index is 0.974. The van der Waals surface area contributed by atoms with Gasteiger partial charge in [0.1, 0.15) is 0 Å². The molecule has 4 aromatic rings. The Morgan fingerprint density at radius 1 is 0.157 bits per heavy atom. The molecule has 0 fully saturated rings. The van der Waals surface area contributed by atoms with E-state index in [1.165, 1.54) is 356 Å². The first-order valence-corrected chi connectivity index (χ1v) is 46.0. The van der Waals surface area contributed by atoms with E-state index in [1.54, 1.807) is 0 Å². The minimum Gasteiger partial charge on any atom is -0.248 e. The van der Waals surface area contributed by atoms with Gasteiger partial charge in [-0.2, -0.15) is 0 Å². The van der Waals surface area contributed by atoms with E-state index in [2.05, 4.69) is 173 Å². The molecular formula is C104H148N4. The Hall–Kier alpha value is -6.52. The van der Waals surface area contributed by atoms with Crippen LogP contribution >= 0.6 is 0 Å². The van der Waals surface area contributed by atoms with Crippen LogP contribution in [0.3, 0.4) is 0 Å². The Morgan fingerprint density at radius 2 is 0.296 bits per heavy atom. The number of fused-ring (bicyclic) bond motifs is 4. The first-order valence-electron chi connectivity index (χ1n) is 46.0. The van der Waals surface area contributed by atoms with E-state index in [1.807, 2.05) is 0 Å². The summed E-state index contributed by atoms with van der Waals surface area (Å²) in [6.07, 6.45) is 93.7. The second kappa shape index (κ2) is 52.6. The summed E-state index contributed by atoms with van der Waals surface area (Å²) in [5.41, 5.74) is 21.7. The lowest BCUT2D eigenvalue weighted by Crippen LogP contribution is -2.04. The number of benzene rings is 4. The fourth-order valence-electron chi connectivity index (χ4n) is 17.0. The highest BCUT2D eigenvalue weighted by atomic mass is 14.9. The summed E-state index contributed by atoms with van der Waals surface area (Å²) in [5, 5.41) is 0. The molecule has 5 aliphatic heterocycles. The predicted octanol–water partition coefficient (Wildman–Crippen LogP) is 32.2. The highest BCUT2D eigenvalue weighted by Crippen LogP contribution is 2.40. The summed E-state index contributed by atoms with van der Waals surface area (Å²) in [4.78, 5) is 23.0. The molecule has 4 aromatic carbocycles. The molecule has 5 aliphatic rings. The summed E-state index contributed by atoms with van der Waals surface area (Å²) in [5.74, 6) is 0. The van der Waals surface area contributed by atoms with Crippen molar-refractivity contribution < 1.29 is 0 Å². The van der Waals surface area contributed by atoms with Gasteiger partial charge in [0.15, 0.2) is 0 Å². The molecule has 8 bridgehead atoms. The smallest absolute Gasteiger partial charge is 0.0738 e. The van der Waals surface area contributed by atoms with E-state index in [-0.39, 0.29) is 0 Å². The molecule has 4 nitrogen and oxygen atoms in total. The minimum atomic E-state index is 0.924. The van der Waals surface area contributed by atoms with Crippen LogP contribution in [0.25, 0.3) is 22.3 Å². The maximum atomic E-state index is 5.74. The van der Waals surface area contributed by atoms with Gasteiger partial charge >= 0.3 is 0 Å². The highest BCUT2D eigenvalue weighted by molar-refractivity contribution is 6.39. The fraction of sp³-hybridized carbons (Fsp3) is 0.577. The number of hydrogen-bond donors (Lipinski definition) is 0. The maximum Gasteiger partial charge on any atom is 0.0738 e. The molecule has 0 unspecified atom stereocenters. The Labute approximate surface area is 661 Å². The first-order chi connectivity index (χ1) is 53.5. The van der Waals surface area contributed by atoms with E-state index in [0.717, 1.165) is 116 Å². The van der Waals surface area contributed by atoms with Gasteiger partial charge in [0.25, 0.3) is 0 Å². The van der Waals surface area contributed by atoms with Crippen LogP contribution in [-0.2, 0) is 25.7 Å². The number of unbranched alkanes of at least 4 members (excludes halogenated alkanes) is 48. The quantitative estimate of drug-likeness (QED) is 0.0396. The SMILES string of the molecule is CCCCCCCCCCCCCCCc1ccc(C2=C3C=CC(=N3)C(c3ccc(CCCCCCCCCCCCCCC)cc3)=C3C=CC(=N3)C(c3ccc(CCCCCCCCCCCCCCC)cc3)=C3C=CC(=N3)C(c3ccc(CCCCCCCCCCCCCCC)cc3)=C3C=CC2=N3)cc1. The zero-order valence-electron chi connectivity index (χ0n) is 69.2. The molecule has 584 valence electrons. The van der Waals surface area contributed by atoms with E-state index in [4.69, 9.17) is 20.0 Å². The second-order valence-corrected chi connectivity index (χ2v) is 33.1. The van der Waals surface area contributed by atoms with Crippen molar-refractivity contribution in [1.82, 2.24) is 0 Å². The number of aliphatic imine (C=N–C) groups is 4. The number of nitrogens with zero attached hydrogens (tertiary/aromatic N) is 4. The minimum absolute atomic E-state index is 0.924. The molecule has 0 atom stereocenters. The fourth-order valence-corrected chi connectivity index (χ4v) is 17.0. The lowest BCUT2D eigenvalue weighted by atomic mass is 9.96. The van der Waals surface area contributed by atoms with Gasteiger partial charge in [-0.05, 0) is 144 Å². The molecule has 0 radical (unpaired) electrons. The monoisotopic (exact) mass is 1450 g/mol. The number of allylic oxidation sites excluding steroid dienone is 12. The molecule has 0 aliphatic carbocycles. The van der Waals surface area contributed by atoms with Crippen LogP contribution in [0.2, 0.25) is 0 Å². The second-order valence-electron chi connectivity index (χ2n) is 33.1. The van der Waals surface area contributed by atoms with Crippen molar-refractivity contribution >= 4 is 45.1 Å². The van der Waals surface area contributed by atoms with Crippen LogP contribution < -0.4 is 0 Å². The van der Waals surface area contributed by atoms with E-state index in [9.17, 15) is 0 Å². The highest BCUT2D eigenvalue weighted by Gasteiger charge is 2.28. The Kier molecular flexibility index (Phi) is 41.6. The maximum absolute atomic E-state index is 5.74. The molecule has 0 spiro atoms. The summed E-state index contributed by atoms with van der Waals surface area (Å²) in [6, 6.07) is 37.7. The molecule has 4 heteroatoms. The van der Waals surface area contributed by atoms with Crippen molar-refractivity contribution in [1.29, 1.82) is 0 Å². The van der Waals surface area contributed by atoms with Crippen molar-refractivity contribution in [2.75, 3.05) is 0 Å². The van der Waals surface area contributed by atoms with E-state index in [0.29, 0.717) is 0 Å². The normalized spacial score (nSPS) is 14.6. The number of rotatable bonds is 60. The zero-order chi connectivity index (χ0) is 74.9. The Bertz CT molecular complexity index is 3120. The molecule has 0 saturated carbocycles. The summed E-state index contributed by atoms with van der Waals surface area (Å²) in [6.45, 7) is 9.25. The lowest BCUT2D eigenvalue weighted by Gasteiger charge is -2.13. The van der Waals surface area contributed by atoms with E-state index >= 15 is 0 Å². The third-order valence-corrected chi connectivity index (χ3v) is 23.9. The molecule has 0 amide bonds. The molecule has 0 N–H and O–H groups in total. The van der Waals surface area contributed by atoms with Crippen molar-refractivity contribution in [3.05, 3.63) is 213 Å². The summed E-state index contributed by atoms with van der Waals surface area (Å²) >= 11 is 0. The van der Waals surface area contributed by atoms with Crippen molar-refractivity contribution in [2.24, 2.45) is 20.0 Å². The molecule has 5 heterocycles. The third kappa shape index (κ3) is 30.6. The summed E-state index contributed by atoms with van der Waals surface area (Å²) < 4.78 is 0. The van der Waals surface area contributed by atoms with Crippen molar-refractivity contribution in [3.8, 4) is 0 Å². The van der Waals surface area contributed by atoms with Gasteiger partial charge in [-0.1, -0.05) is 433 Å². The van der Waals surface area contributed by atoms with Crippen LogP contribution in [0.1, 0.15) is 406 Å². The van der Waals surface area contributed by atoms with Gasteiger partial charge in [-0.25, -0.2) is 20.0 Å². The third-order valence-electron chi connectivity index (χ3n) is 23.9. The van der Waals surface area contributed by atoms with Gasteiger partial charge in [-0.3, -0.25) is 0 Å². The van der Waals surface area contributed by atoms with Crippen molar-refractivity contribution in [3.63, 3.8) is 0 Å². The van der Waals surface area contributed by atoms with Gasteiger partial charge in [0.2, 0.25) is 0 Å². The number of hydrogen-bond acceptors (Lipinski definition) is 4. The topological polar surface area (TPSA) is 49.4 Å². The average molecular weight is 1450 g/mol. The van der Waals surface area contributed by atoms with Crippen LogP contribution in [0.5, 0.6) is 0 Å². The van der Waals surface area contributed by atoms with Crippen LogP contribution in [0, 0.1) is 0 Å². The molecule has 0 saturated heterocycles. The number of aryl methyl sites for hydroxylation is 4. The summed E-state index contributed by atoms with van der Waals surface area (Å²) in [7, 11) is 0. The van der Waals surface area contributed by atoms with Crippen LogP contribution in [-0.4, -0.2) is 22.8 Å². The van der Waals surface area contributed by atoms with Crippen LogP contribution in [0.4, 0.5) is 0 Å². The Morgan fingerprint density at radius 3 is 0.444 bits per heavy atom. The zero-order valence-corrected chi connectivity index (χ0v) is 69.2. The molecule has 0 aromatic heterocycles. The van der Waals surface area contributed by atoms with Gasteiger partial charge < -0.3 is 0 Å². The lowest BCUT2D eigenvalue weighted by molar-refractivity contribution is 0.539. The van der Waals surface area contributed by atoms with E-state index < -0.39 is 0 Å². The van der Waals surface area contributed by atoms with Crippen LogP contribution in [0.15, 0.2) is 188 Å². The largest absolute Gasteiger partial charge is 0.248 e. The predicted molar refractivity (Wildman–Crippen MR) is 477 cm³/mol. The standard InChI is InChI=1S/C104H148N4/c1-5-9-13-17-21-25-29-33-37-41-45-49-53-57-85-61-69-89(70-62-85)101-93-77-79-95(105-93)102(90-71-63-86(64-72-90)58-54-50-46-42-38-34-30-26-22-18-14-10-6-2)97-81-83-99(107-97)104(92-75-67-88(68-76-92)60-56-52-48-44-40-36-32-28-24-20-16-12-8-4)100-84-82-98(108-100)103(96-80-78-94(101)106-96)91-73-65-87(66-74-91)59-55-51-47-43-39-35-31-27-23-19-15-11-7-3/h61-84H,5-60H2,1-4H3. The first kappa shape index (κ1) is 85.5. The van der Waals surface area contributed by atoms with Gasteiger partial charge in [0.05, 0.1) is 45.6 Å². The van der Waals surface area contributed by atoms with Crippen molar-refractivity contribution in [2.45, 2.75) is 387 Å². The molecule has 9 rings (SSSR count). The molecule has 108 heavy (non-hydrogen) atoms. The van der Waals surface area contributed by atoms with Gasteiger partial charge in [0, 0.05) is 22.3 Å². The molecular weight excluding hydrogens is 1310 g/mol.